The Morgan fingerprint density at radius 2 is 1.68 bits per heavy atom. The van der Waals surface area contributed by atoms with Gasteiger partial charge in [0.2, 0.25) is 5.30 Å². The molecule has 5 nitrogen and oxygen atoms in total. The fourth-order valence-corrected chi connectivity index (χ4v) is 2.82. The maximum Gasteiger partial charge on any atom is 0.549 e. The van der Waals surface area contributed by atoms with E-state index in [4.69, 9.17) is 4.52 Å². The van der Waals surface area contributed by atoms with Gasteiger partial charge < -0.3 is 0 Å². The first kappa shape index (κ1) is 14.6. The number of nitrogens with zero attached hydrogens (tertiary/aromatic N) is 3. The SMILES string of the molecule is O=[P+](OCc1cn(Cc2ccccc2)nn1)c1ccccc1. The molecule has 0 amide bonds. The molecule has 1 atom stereocenters. The molecule has 0 saturated heterocycles. The van der Waals surface area contributed by atoms with E-state index in [1.54, 1.807) is 23.0 Å². The monoisotopic (exact) mass is 312 g/mol. The van der Waals surface area contributed by atoms with Crippen molar-refractivity contribution in [1.82, 2.24) is 15.0 Å². The van der Waals surface area contributed by atoms with E-state index in [2.05, 4.69) is 10.3 Å². The van der Waals surface area contributed by atoms with Crippen LogP contribution in [0.3, 0.4) is 0 Å². The first-order chi connectivity index (χ1) is 10.8. The summed E-state index contributed by atoms with van der Waals surface area (Å²) in [5.41, 5.74) is 1.81. The van der Waals surface area contributed by atoms with Crippen LogP contribution in [0, 0.1) is 0 Å². The van der Waals surface area contributed by atoms with Crippen molar-refractivity contribution in [3.05, 3.63) is 78.1 Å². The number of rotatable bonds is 6. The summed E-state index contributed by atoms with van der Waals surface area (Å²) in [4.78, 5) is 0. The predicted molar refractivity (Wildman–Crippen MR) is 84.0 cm³/mol. The van der Waals surface area contributed by atoms with Gasteiger partial charge in [0, 0.05) is 0 Å². The summed E-state index contributed by atoms with van der Waals surface area (Å²) < 4.78 is 19.1. The highest BCUT2D eigenvalue weighted by molar-refractivity contribution is 7.48. The third kappa shape index (κ3) is 3.85. The van der Waals surface area contributed by atoms with E-state index in [0.717, 1.165) is 5.56 Å². The summed E-state index contributed by atoms with van der Waals surface area (Å²) in [6.45, 7) is 0.831. The topological polar surface area (TPSA) is 57.0 Å². The standard InChI is InChI=1S/C16H15N3O2P/c20-22(16-9-5-2-6-10-16)21-13-15-12-19(18-17-15)11-14-7-3-1-4-8-14/h1-10,12H,11,13H2/q+1. The Labute approximate surface area is 129 Å². The molecule has 110 valence electrons. The Morgan fingerprint density at radius 1 is 1.00 bits per heavy atom. The summed E-state index contributed by atoms with van der Waals surface area (Å²) in [6, 6.07) is 19.1. The number of hydrogen-bond donors (Lipinski definition) is 0. The molecular weight excluding hydrogens is 297 g/mol. The zero-order valence-electron chi connectivity index (χ0n) is 11.9. The van der Waals surface area contributed by atoms with Crippen LogP contribution in [-0.2, 0) is 22.2 Å². The van der Waals surface area contributed by atoms with E-state index in [1.165, 1.54) is 0 Å². The molecule has 0 N–H and O–H groups in total. The summed E-state index contributed by atoms with van der Waals surface area (Å²) in [5.74, 6) is 0. The third-order valence-electron chi connectivity index (χ3n) is 3.07. The van der Waals surface area contributed by atoms with Crippen LogP contribution in [0.25, 0.3) is 0 Å². The van der Waals surface area contributed by atoms with E-state index in [9.17, 15) is 4.57 Å². The van der Waals surface area contributed by atoms with Gasteiger partial charge in [-0.25, -0.2) is 4.68 Å². The molecule has 0 saturated carbocycles. The van der Waals surface area contributed by atoms with E-state index in [0.29, 0.717) is 17.5 Å². The molecule has 0 aliphatic heterocycles. The van der Waals surface area contributed by atoms with E-state index in [1.807, 2.05) is 48.5 Å². The minimum atomic E-state index is -1.87. The van der Waals surface area contributed by atoms with Crippen molar-refractivity contribution < 1.29 is 9.09 Å². The van der Waals surface area contributed by atoms with E-state index in [-0.39, 0.29) is 6.61 Å². The lowest BCUT2D eigenvalue weighted by Crippen LogP contribution is -1.99. The highest BCUT2D eigenvalue weighted by Crippen LogP contribution is 2.22. The summed E-state index contributed by atoms with van der Waals surface area (Å²) in [6.07, 6.45) is 1.81. The maximum atomic E-state index is 12.0. The van der Waals surface area contributed by atoms with Gasteiger partial charge in [0.15, 0.2) is 0 Å². The highest BCUT2D eigenvalue weighted by atomic mass is 31.1. The Kier molecular flexibility index (Phi) is 4.68. The van der Waals surface area contributed by atoms with Crippen molar-refractivity contribution in [1.29, 1.82) is 0 Å². The second-order valence-corrected chi connectivity index (χ2v) is 6.05. The molecule has 2 aromatic carbocycles. The van der Waals surface area contributed by atoms with Crippen molar-refractivity contribution in [3.63, 3.8) is 0 Å². The average molecular weight is 312 g/mol. The highest BCUT2D eigenvalue weighted by Gasteiger charge is 2.22. The van der Waals surface area contributed by atoms with Crippen molar-refractivity contribution in [2.24, 2.45) is 0 Å². The molecule has 0 radical (unpaired) electrons. The fourth-order valence-electron chi connectivity index (χ4n) is 2.00. The molecule has 0 aliphatic rings. The van der Waals surface area contributed by atoms with E-state index >= 15 is 0 Å². The first-order valence-electron chi connectivity index (χ1n) is 6.89. The Bertz CT molecular complexity index is 744. The maximum absolute atomic E-state index is 12.0. The Hall–Kier alpha value is -2.36. The third-order valence-corrected chi connectivity index (χ3v) is 4.15. The molecule has 3 rings (SSSR count). The van der Waals surface area contributed by atoms with Gasteiger partial charge in [-0.2, -0.15) is 0 Å². The van der Waals surface area contributed by atoms with Crippen LogP contribution in [0.1, 0.15) is 11.3 Å². The minimum absolute atomic E-state index is 0.179. The normalized spacial score (nSPS) is 11.4. The van der Waals surface area contributed by atoms with Crippen molar-refractivity contribution in [2.75, 3.05) is 0 Å². The molecule has 1 unspecified atom stereocenters. The van der Waals surface area contributed by atoms with Crippen molar-refractivity contribution in [2.45, 2.75) is 13.2 Å². The van der Waals surface area contributed by atoms with Crippen LogP contribution in [0.4, 0.5) is 0 Å². The van der Waals surface area contributed by atoms with Gasteiger partial charge in [0.25, 0.3) is 0 Å². The van der Waals surface area contributed by atoms with Crippen LogP contribution in [-0.4, -0.2) is 15.0 Å². The van der Waals surface area contributed by atoms with Crippen LogP contribution in [0.2, 0.25) is 0 Å². The molecule has 0 fully saturated rings. The van der Waals surface area contributed by atoms with Crippen LogP contribution in [0.15, 0.2) is 66.9 Å². The lowest BCUT2D eigenvalue weighted by Gasteiger charge is -1.99. The zero-order chi connectivity index (χ0) is 15.2. The summed E-state index contributed by atoms with van der Waals surface area (Å²) >= 11 is 0. The second kappa shape index (κ2) is 7.07. The molecule has 0 aliphatic carbocycles. The molecule has 0 spiro atoms. The van der Waals surface area contributed by atoms with Crippen molar-refractivity contribution in [3.8, 4) is 0 Å². The summed E-state index contributed by atoms with van der Waals surface area (Å²) in [5, 5.41) is 8.77. The molecule has 3 aromatic rings. The Morgan fingerprint density at radius 3 is 2.41 bits per heavy atom. The van der Waals surface area contributed by atoms with Crippen LogP contribution < -0.4 is 5.30 Å². The number of aromatic nitrogens is 3. The van der Waals surface area contributed by atoms with Gasteiger partial charge in [-0.05, 0) is 22.3 Å². The Balaban J connectivity index is 1.57. The fraction of sp³-hybridized carbons (Fsp3) is 0.125. The summed E-state index contributed by atoms with van der Waals surface area (Å²) in [7, 11) is -1.87. The van der Waals surface area contributed by atoms with Gasteiger partial charge >= 0.3 is 8.03 Å². The van der Waals surface area contributed by atoms with Gasteiger partial charge in [0.1, 0.15) is 12.3 Å². The van der Waals surface area contributed by atoms with Gasteiger partial charge in [0.05, 0.1) is 12.7 Å². The van der Waals surface area contributed by atoms with E-state index < -0.39 is 8.03 Å². The zero-order valence-corrected chi connectivity index (χ0v) is 12.8. The van der Waals surface area contributed by atoms with Gasteiger partial charge in [-0.1, -0.05) is 53.7 Å². The number of benzene rings is 2. The van der Waals surface area contributed by atoms with Gasteiger partial charge in [-0.3, -0.25) is 0 Å². The molecular formula is C16H15N3O2P+. The van der Waals surface area contributed by atoms with Crippen LogP contribution in [0.5, 0.6) is 0 Å². The molecule has 1 heterocycles. The lowest BCUT2D eigenvalue weighted by atomic mass is 10.2. The first-order valence-corrected chi connectivity index (χ1v) is 8.07. The smallest absolute Gasteiger partial charge is 0.248 e. The molecule has 0 bridgehead atoms. The quantitative estimate of drug-likeness (QED) is 0.657. The largest absolute Gasteiger partial charge is 0.549 e. The lowest BCUT2D eigenvalue weighted by molar-refractivity contribution is 0.319. The molecule has 1 aromatic heterocycles. The second-order valence-electron chi connectivity index (χ2n) is 4.76. The van der Waals surface area contributed by atoms with Crippen LogP contribution >= 0.6 is 8.03 Å². The molecule has 6 heteroatoms. The van der Waals surface area contributed by atoms with Crippen molar-refractivity contribution >= 4 is 13.3 Å². The average Bonchev–Trinajstić information content (AvgIpc) is 3.02. The predicted octanol–water partition coefficient (Wildman–Crippen LogP) is 2.91. The number of hydrogen-bond acceptors (Lipinski definition) is 4. The van der Waals surface area contributed by atoms with Gasteiger partial charge in [-0.15, -0.1) is 9.62 Å². The minimum Gasteiger partial charge on any atom is -0.248 e. The molecule has 22 heavy (non-hydrogen) atoms.